The lowest BCUT2D eigenvalue weighted by Crippen LogP contribution is -2.55. The maximum atomic E-state index is 11.9. The number of sulfone groups is 1. The Bertz CT molecular complexity index is 410. The van der Waals surface area contributed by atoms with Crippen LogP contribution in [-0.2, 0) is 9.84 Å². The molecule has 0 aromatic carbocycles. The zero-order valence-electron chi connectivity index (χ0n) is 13.1. The molecule has 0 bridgehead atoms. The molecule has 1 saturated heterocycles. The number of piperidine rings is 1. The maximum absolute atomic E-state index is 11.9. The predicted octanol–water partition coefficient (Wildman–Crippen LogP) is 1.80. The van der Waals surface area contributed by atoms with Crippen molar-refractivity contribution in [1.82, 2.24) is 10.2 Å². The van der Waals surface area contributed by atoms with E-state index in [1.165, 1.54) is 31.9 Å². The third-order valence-electron chi connectivity index (χ3n) is 5.30. The number of nitrogens with one attached hydrogen (secondary N) is 1. The van der Waals surface area contributed by atoms with Crippen LogP contribution < -0.4 is 5.32 Å². The van der Waals surface area contributed by atoms with E-state index in [0.29, 0.717) is 18.1 Å². The minimum atomic E-state index is -2.88. The van der Waals surface area contributed by atoms with E-state index < -0.39 is 9.84 Å². The molecule has 0 spiro atoms. The summed E-state index contributed by atoms with van der Waals surface area (Å²) in [5.41, 5.74) is 0. The number of hydrogen-bond donors (Lipinski definition) is 1. The molecule has 1 N–H and O–H groups in total. The Balaban J connectivity index is 2.07. The van der Waals surface area contributed by atoms with Gasteiger partial charge in [0.05, 0.1) is 5.25 Å². The van der Waals surface area contributed by atoms with Crippen molar-refractivity contribution in [2.45, 2.75) is 75.2 Å². The van der Waals surface area contributed by atoms with Crippen LogP contribution in [0.2, 0.25) is 0 Å². The van der Waals surface area contributed by atoms with Gasteiger partial charge in [-0.15, -0.1) is 0 Å². The summed E-state index contributed by atoms with van der Waals surface area (Å²) in [7, 11) is -0.858. The summed E-state index contributed by atoms with van der Waals surface area (Å²) < 4.78 is 23.7. The molecule has 0 aromatic heterocycles. The van der Waals surface area contributed by atoms with Crippen LogP contribution in [0, 0.1) is 0 Å². The highest BCUT2D eigenvalue weighted by molar-refractivity contribution is 7.91. The number of likely N-dealkylation sites (N-methyl/N-ethyl adjacent to an activating group) is 1. The molecule has 1 heterocycles. The van der Waals surface area contributed by atoms with Crippen molar-refractivity contribution in [2.24, 2.45) is 0 Å². The Labute approximate surface area is 124 Å². The van der Waals surface area contributed by atoms with Gasteiger partial charge in [-0.25, -0.2) is 8.42 Å². The average molecular weight is 302 g/mol. The van der Waals surface area contributed by atoms with Gasteiger partial charge in [-0.3, -0.25) is 4.90 Å². The van der Waals surface area contributed by atoms with Crippen LogP contribution in [0.4, 0.5) is 0 Å². The van der Waals surface area contributed by atoms with Gasteiger partial charge in [-0.2, -0.15) is 0 Å². The lowest BCUT2D eigenvalue weighted by atomic mass is 9.88. The first-order valence-corrected chi connectivity index (χ1v) is 10.0. The third-order valence-corrected chi connectivity index (χ3v) is 6.94. The smallest absolute Gasteiger partial charge is 0.150 e. The number of hydrogen-bond acceptors (Lipinski definition) is 4. The summed E-state index contributed by atoms with van der Waals surface area (Å²) >= 11 is 0. The molecule has 20 heavy (non-hydrogen) atoms. The number of likely N-dealkylation sites (tertiary alicyclic amines) is 1. The maximum Gasteiger partial charge on any atom is 0.150 e. The minimum Gasteiger partial charge on any atom is -0.316 e. The van der Waals surface area contributed by atoms with Crippen LogP contribution in [0.15, 0.2) is 0 Å². The largest absolute Gasteiger partial charge is 0.316 e. The summed E-state index contributed by atoms with van der Waals surface area (Å²) in [6.45, 7) is 3.39. The Morgan fingerprint density at radius 3 is 2.55 bits per heavy atom. The second kappa shape index (κ2) is 6.75. The van der Waals surface area contributed by atoms with Crippen molar-refractivity contribution in [3.63, 3.8) is 0 Å². The van der Waals surface area contributed by atoms with Crippen LogP contribution in [-0.4, -0.2) is 56.5 Å². The highest BCUT2D eigenvalue weighted by Crippen LogP contribution is 2.32. The van der Waals surface area contributed by atoms with Crippen molar-refractivity contribution in [3.8, 4) is 0 Å². The minimum absolute atomic E-state index is 0.117. The van der Waals surface area contributed by atoms with E-state index >= 15 is 0 Å². The Morgan fingerprint density at radius 1 is 1.15 bits per heavy atom. The van der Waals surface area contributed by atoms with Crippen molar-refractivity contribution in [1.29, 1.82) is 0 Å². The molecule has 4 atom stereocenters. The Morgan fingerprint density at radius 2 is 1.90 bits per heavy atom. The van der Waals surface area contributed by atoms with E-state index in [1.807, 2.05) is 7.05 Å². The standard InChI is InChI=1S/C15H30N2O2S/c1-12(16-2)15-9-4-5-10-17(15)13-7-6-8-14(11-13)20(3,18)19/h12-16H,4-11H2,1-3H3. The summed E-state index contributed by atoms with van der Waals surface area (Å²) in [5, 5.41) is 3.27. The Hall–Kier alpha value is -0.130. The fourth-order valence-corrected chi connectivity index (χ4v) is 5.14. The van der Waals surface area contributed by atoms with Gasteiger partial charge in [-0.05, 0) is 52.6 Å². The lowest BCUT2D eigenvalue weighted by molar-refractivity contribution is 0.0565. The van der Waals surface area contributed by atoms with Crippen LogP contribution in [0.5, 0.6) is 0 Å². The van der Waals surface area contributed by atoms with Gasteiger partial charge >= 0.3 is 0 Å². The fraction of sp³-hybridized carbons (Fsp3) is 1.00. The summed E-state index contributed by atoms with van der Waals surface area (Å²) in [6.07, 6.45) is 9.12. The SMILES string of the molecule is CNC(C)C1CCCCN1C1CCCC(S(C)(=O)=O)C1. The van der Waals surface area contributed by atoms with Gasteiger partial charge in [0, 0.05) is 24.4 Å². The van der Waals surface area contributed by atoms with Gasteiger partial charge < -0.3 is 5.32 Å². The first kappa shape index (κ1) is 16.2. The highest BCUT2D eigenvalue weighted by Gasteiger charge is 2.36. The van der Waals surface area contributed by atoms with E-state index in [1.54, 1.807) is 0 Å². The molecule has 0 amide bonds. The first-order valence-electron chi connectivity index (χ1n) is 8.05. The van der Waals surface area contributed by atoms with Gasteiger partial charge in [0.2, 0.25) is 0 Å². The molecular weight excluding hydrogens is 272 g/mol. The zero-order chi connectivity index (χ0) is 14.8. The van der Waals surface area contributed by atoms with E-state index in [0.717, 1.165) is 25.8 Å². The average Bonchev–Trinajstić information content (AvgIpc) is 2.45. The van der Waals surface area contributed by atoms with Crippen LogP contribution in [0.1, 0.15) is 51.9 Å². The summed E-state index contributed by atoms with van der Waals surface area (Å²) in [4.78, 5) is 2.61. The molecule has 1 aliphatic carbocycles. The summed E-state index contributed by atoms with van der Waals surface area (Å²) in [6, 6.07) is 1.51. The van der Waals surface area contributed by atoms with E-state index in [2.05, 4.69) is 17.1 Å². The van der Waals surface area contributed by atoms with Gasteiger partial charge in [0.25, 0.3) is 0 Å². The molecule has 2 rings (SSSR count). The molecule has 2 fully saturated rings. The molecule has 118 valence electrons. The molecule has 4 nitrogen and oxygen atoms in total. The van der Waals surface area contributed by atoms with Crippen molar-refractivity contribution in [2.75, 3.05) is 19.8 Å². The van der Waals surface area contributed by atoms with Crippen molar-refractivity contribution < 1.29 is 8.42 Å². The molecule has 0 aromatic rings. The van der Waals surface area contributed by atoms with Crippen molar-refractivity contribution in [3.05, 3.63) is 0 Å². The van der Waals surface area contributed by atoms with Gasteiger partial charge in [-0.1, -0.05) is 12.8 Å². The molecule has 1 aliphatic heterocycles. The second-order valence-electron chi connectivity index (χ2n) is 6.65. The Kier molecular flexibility index (Phi) is 5.49. The van der Waals surface area contributed by atoms with Crippen LogP contribution in [0.25, 0.3) is 0 Å². The van der Waals surface area contributed by atoms with Gasteiger partial charge in [0.15, 0.2) is 0 Å². The molecule has 1 saturated carbocycles. The second-order valence-corrected chi connectivity index (χ2v) is 8.98. The van der Waals surface area contributed by atoms with Gasteiger partial charge in [0.1, 0.15) is 9.84 Å². The molecule has 0 radical (unpaired) electrons. The quantitative estimate of drug-likeness (QED) is 0.860. The first-order chi connectivity index (χ1) is 9.43. The predicted molar refractivity (Wildman–Crippen MR) is 83.8 cm³/mol. The van der Waals surface area contributed by atoms with E-state index in [-0.39, 0.29) is 5.25 Å². The third kappa shape index (κ3) is 3.74. The molecule has 5 heteroatoms. The topological polar surface area (TPSA) is 49.4 Å². The summed E-state index contributed by atoms with van der Waals surface area (Å²) in [5.74, 6) is 0. The molecule has 4 unspecified atom stereocenters. The monoisotopic (exact) mass is 302 g/mol. The highest BCUT2D eigenvalue weighted by atomic mass is 32.2. The molecule has 2 aliphatic rings. The fourth-order valence-electron chi connectivity index (χ4n) is 3.97. The normalized spacial score (nSPS) is 34.9. The number of rotatable bonds is 4. The van der Waals surface area contributed by atoms with Crippen LogP contribution >= 0.6 is 0 Å². The lowest BCUT2D eigenvalue weighted by Gasteiger charge is -2.46. The molecular formula is C15H30N2O2S. The van der Waals surface area contributed by atoms with Crippen LogP contribution in [0.3, 0.4) is 0 Å². The van der Waals surface area contributed by atoms with Crippen molar-refractivity contribution >= 4 is 9.84 Å². The zero-order valence-corrected chi connectivity index (χ0v) is 14.0. The number of nitrogens with zero attached hydrogens (tertiary/aromatic N) is 1. The van der Waals surface area contributed by atoms with E-state index in [4.69, 9.17) is 0 Å². The van der Waals surface area contributed by atoms with E-state index in [9.17, 15) is 8.42 Å².